The molecule has 5 nitrogen and oxygen atoms in total. The van der Waals surface area contributed by atoms with Gasteiger partial charge >= 0.3 is 0 Å². The minimum absolute atomic E-state index is 0.00643. The number of benzene rings is 3. The molecule has 1 atom stereocenters. The van der Waals surface area contributed by atoms with Gasteiger partial charge < -0.3 is 14.7 Å². The summed E-state index contributed by atoms with van der Waals surface area (Å²) < 4.78 is 18.9. The number of carbonyl (C=O) groups is 2. The van der Waals surface area contributed by atoms with Crippen LogP contribution < -0.4 is 4.74 Å². The molecular weight excluding hydrogens is 421 g/mol. The Bertz CT molecular complexity index is 1220. The van der Waals surface area contributed by atoms with Crippen molar-refractivity contribution >= 4 is 17.4 Å². The summed E-state index contributed by atoms with van der Waals surface area (Å²) in [5.74, 6) is -1.41. The molecule has 3 aromatic rings. The zero-order valence-electron chi connectivity index (χ0n) is 18.4. The summed E-state index contributed by atoms with van der Waals surface area (Å²) in [6.45, 7) is 1.87. The zero-order chi connectivity index (χ0) is 23.5. The summed E-state index contributed by atoms with van der Waals surface area (Å²) in [7, 11) is 1.59. The third-order valence-corrected chi connectivity index (χ3v) is 5.89. The highest BCUT2D eigenvalue weighted by Crippen LogP contribution is 2.39. The van der Waals surface area contributed by atoms with Gasteiger partial charge in [-0.15, -0.1) is 0 Å². The minimum Gasteiger partial charge on any atom is -0.507 e. The number of rotatable bonds is 6. The van der Waals surface area contributed by atoms with E-state index in [2.05, 4.69) is 0 Å². The second kappa shape index (κ2) is 9.28. The summed E-state index contributed by atoms with van der Waals surface area (Å²) in [4.78, 5) is 27.6. The first-order valence-corrected chi connectivity index (χ1v) is 10.6. The second-order valence-corrected chi connectivity index (χ2v) is 7.97. The molecule has 0 aromatic heterocycles. The standard InChI is InChI=1S/C27H24FNO4/c1-17-16-20(10-13-22(17)28)25(30)23-24(19-6-4-3-5-7-19)29(27(32)26(23)31)15-14-18-8-11-21(33-2)12-9-18/h3-13,16,24,30H,14-15H2,1-2H3/b25-23-. The minimum atomic E-state index is -0.752. The summed E-state index contributed by atoms with van der Waals surface area (Å²) in [5, 5.41) is 11.1. The largest absolute Gasteiger partial charge is 0.507 e. The number of amides is 1. The number of aliphatic hydroxyl groups excluding tert-OH is 1. The van der Waals surface area contributed by atoms with Crippen LogP contribution >= 0.6 is 0 Å². The van der Waals surface area contributed by atoms with Gasteiger partial charge in [-0.2, -0.15) is 0 Å². The van der Waals surface area contributed by atoms with E-state index < -0.39 is 23.5 Å². The van der Waals surface area contributed by atoms with Crippen LogP contribution in [0.25, 0.3) is 5.76 Å². The number of carbonyl (C=O) groups excluding carboxylic acids is 2. The summed E-state index contributed by atoms with van der Waals surface area (Å²) >= 11 is 0. The van der Waals surface area contributed by atoms with Crippen LogP contribution in [0.1, 0.15) is 28.3 Å². The molecule has 1 aliphatic rings. The van der Waals surface area contributed by atoms with Gasteiger partial charge in [0.05, 0.1) is 18.7 Å². The predicted molar refractivity (Wildman–Crippen MR) is 123 cm³/mol. The van der Waals surface area contributed by atoms with Crippen LogP contribution in [0.3, 0.4) is 0 Å². The number of Topliss-reactive ketones (excluding diaryl/α,β-unsaturated/α-hetero) is 1. The fourth-order valence-corrected chi connectivity index (χ4v) is 4.08. The van der Waals surface area contributed by atoms with Crippen molar-refractivity contribution in [1.82, 2.24) is 4.90 Å². The highest BCUT2D eigenvalue weighted by atomic mass is 19.1. The van der Waals surface area contributed by atoms with E-state index in [4.69, 9.17) is 4.74 Å². The number of hydrogen-bond donors (Lipinski definition) is 1. The first-order chi connectivity index (χ1) is 15.9. The van der Waals surface area contributed by atoms with Crippen LogP contribution in [0.4, 0.5) is 4.39 Å². The SMILES string of the molecule is COc1ccc(CCN2C(=O)C(=O)/C(=C(\O)c3ccc(F)c(C)c3)C2c2ccccc2)cc1. The zero-order valence-corrected chi connectivity index (χ0v) is 18.4. The van der Waals surface area contributed by atoms with Crippen molar-refractivity contribution in [2.24, 2.45) is 0 Å². The quantitative estimate of drug-likeness (QED) is 0.336. The van der Waals surface area contributed by atoms with Gasteiger partial charge in [-0.3, -0.25) is 9.59 Å². The van der Waals surface area contributed by atoms with E-state index in [-0.39, 0.29) is 17.9 Å². The number of nitrogens with zero attached hydrogens (tertiary/aromatic N) is 1. The van der Waals surface area contributed by atoms with E-state index in [1.54, 1.807) is 14.0 Å². The van der Waals surface area contributed by atoms with Crippen molar-refractivity contribution in [2.75, 3.05) is 13.7 Å². The lowest BCUT2D eigenvalue weighted by molar-refractivity contribution is -0.139. The Morgan fingerprint density at radius 2 is 1.73 bits per heavy atom. The van der Waals surface area contributed by atoms with Gasteiger partial charge in [0.1, 0.15) is 17.3 Å². The highest BCUT2D eigenvalue weighted by Gasteiger charge is 2.45. The van der Waals surface area contributed by atoms with Crippen molar-refractivity contribution in [3.05, 3.63) is 106 Å². The fourth-order valence-electron chi connectivity index (χ4n) is 4.08. The maximum Gasteiger partial charge on any atom is 0.295 e. The van der Waals surface area contributed by atoms with Gasteiger partial charge in [0, 0.05) is 12.1 Å². The molecule has 4 rings (SSSR count). The number of methoxy groups -OCH3 is 1. The van der Waals surface area contributed by atoms with E-state index in [1.165, 1.54) is 23.1 Å². The molecule has 6 heteroatoms. The monoisotopic (exact) mass is 445 g/mol. The second-order valence-electron chi connectivity index (χ2n) is 7.97. The number of aryl methyl sites for hydroxylation is 1. The van der Waals surface area contributed by atoms with Crippen molar-refractivity contribution < 1.29 is 23.8 Å². The van der Waals surface area contributed by atoms with Gasteiger partial charge in [-0.25, -0.2) is 4.39 Å². The number of ether oxygens (including phenoxy) is 1. The molecule has 1 unspecified atom stereocenters. The molecule has 3 aromatic carbocycles. The Labute approximate surface area is 191 Å². The predicted octanol–water partition coefficient (Wildman–Crippen LogP) is 4.81. The Hall–Kier alpha value is -3.93. The van der Waals surface area contributed by atoms with E-state index in [0.29, 0.717) is 23.1 Å². The Kier molecular flexibility index (Phi) is 6.27. The first kappa shape index (κ1) is 22.3. The van der Waals surface area contributed by atoms with E-state index in [0.717, 1.165) is 11.3 Å². The maximum absolute atomic E-state index is 13.8. The fraction of sp³-hybridized carbons (Fsp3) is 0.185. The van der Waals surface area contributed by atoms with Crippen LogP contribution in [0.5, 0.6) is 5.75 Å². The Balaban J connectivity index is 1.74. The van der Waals surface area contributed by atoms with Crippen molar-refractivity contribution in [1.29, 1.82) is 0 Å². The molecule has 33 heavy (non-hydrogen) atoms. The Morgan fingerprint density at radius 1 is 1.03 bits per heavy atom. The van der Waals surface area contributed by atoms with E-state index >= 15 is 0 Å². The van der Waals surface area contributed by atoms with E-state index in [9.17, 15) is 19.1 Å². The average molecular weight is 445 g/mol. The molecule has 1 heterocycles. The lowest BCUT2D eigenvalue weighted by Gasteiger charge is -2.25. The number of aliphatic hydroxyl groups is 1. The Morgan fingerprint density at radius 3 is 2.36 bits per heavy atom. The molecule has 1 fully saturated rings. The summed E-state index contributed by atoms with van der Waals surface area (Å²) in [6.07, 6.45) is 0.524. The van der Waals surface area contributed by atoms with Crippen molar-refractivity contribution in [3.8, 4) is 5.75 Å². The smallest absolute Gasteiger partial charge is 0.295 e. The molecule has 1 N–H and O–H groups in total. The lowest BCUT2D eigenvalue weighted by Crippen LogP contribution is -2.31. The summed E-state index contributed by atoms with van der Waals surface area (Å²) in [6, 6.07) is 20.0. The van der Waals surface area contributed by atoms with Crippen LogP contribution in [0.15, 0.2) is 78.4 Å². The molecule has 1 amide bonds. The molecule has 1 aliphatic heterocycles. The third-order valence-electron chi connectivity index (χ3n) is 5.89. The molecule has 0 spiro atoms. The van der Waals surface area contributed by atoms with Crippen molar-refractivity contribution in [2.45, 2.75) is 19.4 Å². The number of likely N-dealkylation sites (tertiary alicyclic amines) is 1. The lowest BCUT2D eigenvalue weighted by atomic mass is 9.94. The topological polar surface area (TPSA) is 66.8 Å². The van der Waals surface area contributed by atoms with Gasteiger partial charge in [-0.1, -0.05) is 42.5 Å². The first-order valence-electron chi connectivity index (χ1n) is 10.6. The molecule has 0 saturated carbocycles. The molecular formula is C27H24FNO4. The molecule has 168 valence electrons. The maximum atomic E-state index is 13.8. The molecule has 0 aliphatic carbocycles. The van der Waals surface area contributed by atoms with Crippen LogP contribution in [0.2, 0.25) is 0 Å². The average Bonchev–Trinajstić information content (AvgIpc) is 3.09. The molecule has 0 bridgehead atoms. The van der Waals surface area contributed by atoms with Crippen LogP contribution in [-0.4, -0.2) is 35.4 Å². The van der Waals surface area contributed by atoms with Gasteiger partial charge in [0.2, 0.25) is 0 Å². The van der Waals surface area contributed by atoms with E-state index in [1.807, 2.05) is 54.6 Å². The summed E-state index contributed by atoms with van der Waals surface area (Å²) in [5.41, 5.74) is 2.34. The highest BCUT2D eigenvalue weighted by molar-refractivity contribution is 6.46. The van der Waals surface area contributed by atoms with Crippen LogP contribution in [0, 0.1) is 12.7 Å². The number of ketones is 1. The third kappa shape index (κ3) is 4.37. The number of hydrogen-bond acceptors (Lipinski definition) is 4. The molecule has 1 saturated heterocycles. The number of halogens is 1. The van der Waals surface area contributed by atoms with Crippen molar-refractivity contribution in [3.63, 3.8) is 0 Å². The molecule has 0 radical (unpaired) electrons. The van der Waals surface area contributed by atoms with Gasteiger partial charge in [-0.05, 0) is 60.4 Å². The van der Waals surface area contributed by atoms with Crippen LogP contribution in [-0.2, 0) is 16.0 Å². The van der Waals surface area contributed by atoms with Gasteiger partial charge in [0.25, 0.3) is 11.7 Å². The normalized spacial score (nSPS) is 17.4. The van der Waals surface area contributed by atoms with Gasteiger partial charge in [0.15, 0.2) is 0 Å².